The van der Waals surface area contributed by atoms with Gasteiger partial charge in [-0.2, -0.15) is 0 Å². The van der Waals surface area contributed by atoms with Gasteiger partial charge in [0, 0.05) is 11.4 Å². The summed E-state index contributed by atoms with van der Waals surface area (Å²) in [6.45, 7) is 9.91. The molecule has 0 aliphatic carbocycles. The van der Waals surface area contributed by atoms with Crippen molar-refractivity contribution >= 4 is 35.1 Å². The first-order valence-electron chi connectivity index (χ1n) is 7.99. The summed E-state index contributed by atoms with van der Waals surface area (Å²) in [6.07, 6.45) is 0. The lowest BCUT2D eigenvalue weighted by Crippen LogP contribution is -2.25. The Bertz CT molecular complexity index is 775. The van der Waals surface area contributed by atoms with E-state index in [2.05, 4.69) is 15.3 Å². The molecule has 2 aromatic rings. The number of aryl methyl sites for hydroxylation is 1. The molecule has 0 unspecified atom stereocenters. The molecule has 1 heterocycles. The van der Waals surface area contributed by atoms with Gasteiger partial charge in [0.05, 0.1) is 15.6 Å². The minimum Gasteiger partial charge on any atom is -0.454 e. The second kappa shape index (κ2) is 8.06. The van der Waals surface area contributed by atoms with E-state index in [-0.39, 0.29) is 5.82 Å². The number of nitrogens with one attached hydrogen (secondary N) is 1. The summed E-state index contributed by atoms with van der Waals surface area (Å²) in [5.41, 5.74) is 0.0919. The van der Waals surface area contributed by atoms with E-state index in [1.54, 1.807) is 0 Å². The van der Waals surface area contributed by atoms with Crippen molar-refractivity contribution in [2.24, 2.45) is 0 Å². The van der Waals surface area contributed by atoms with Crippen LogP contribution in [0.1, 0.15) is 44.0 Å². The van der Waals surface area contributed by atoms with Gasteiger partial charge in [-0.1, -0.05) is 35.5 Å². The normalized spacial score (nSPS) is 11.3. The second-order valence-electron chi connectivity index (χ2n) is 6.38. The van der Waals surface area contributed by atoms with Gasteiger partial charge >= 0.3 is 5.97 Å². The van der Waals surface area contributed by atoms with Crippen LogP contribution in [0.4, 0.5) is 5.82 Å². The highest BCUT2D eigenvalue weighted by Gasteiger charge is 2.23. The molecule has 0 saturated heterocycles. The summed E-state index contributed by atoms with van der Waals surface area (Å²) >= 11 is 7.72. The van der Waals surface area contributed by atoms with E-state index in [9.17, 15) is 4.79 Å². The van der Waals surface area contributed by atoms with Crippen molar-refractivity contribution in [1.29, 1.82) is 0 Å². The van der Waals surface area contributed by atoms with Crippen molar-refractivity contribution in [2.75, 3.05) is 11.9 Å². The summed E-state index contributed by atoms with van der Waals surface area (Å²) < 4.78 is 5.37. The highest BCUT2D eigenvalue weighted by molar-refractivity contribution is 7.99. The Morgan fingerprint density at radius 3 is 2.56 bits per heavy atom. The average Bonchev–Trinajstić information content (AvgIpc) is 2.50. The largest absolute Gasteiger partial charge is 0.454 e. The molecule has 0 saturated carbocycles. The van der Waals surface area contributed by atoms with Crippen molar-refractivity contribution in [1.82, 2.24) is 9.97 Å². The number of nitrogens with zero attached hydrogens (tertiary/aromatic N) is 2. The van der Waals surface area contributed by atoms with Gasteiger partial charge in [-0.15, -0.1) is 0 Å². The van der Waals surface area contributed by atoms with Crippen molar-refractivity contribution in [2.45, 2.75) is 50.0 Å². The molecular weight excluding hydrogens is 358 g/mol. The third-order valence-electron chi connectivity index (χ3n) is 3.01. The second-order valence-corrected chi connectivity index (χ2v) is 7.83. The summed E-state index contributed by atoms with van der Waals surface area (Å²) in [5, 5.41) is 3.85. The number of anilines is 1. The summed E-state index contributed by atoms with van der Waals surface area (Å²) in [7, 11) is 0. The molecule has 0 aliphatic rings. The van der Waals surface area contributed by atoms with Crippen LogP contribution in [0, 0.1) is 6.92 Å². The van der Waals surface area contributed by atoms with Gasteiger partial charge in [-0.05, 0) is 46.8 Å². The molecule has 1 aromatic carbocycles. The van der Waals surface area contributed by atoms with Crippen LogP contribution in [0.15, 0.2) is 34.1 Å². The van der Waals surface area contributed by atoms with Crippen LogP contribution in [0.5, 0.6) is 0 Å². The zero-order valence-corrected chi connectivity index (χ0v) is 16.6. The van der Waals surface area contributed by atoms with E-state index < -0.39 is 11.6 Å². The minimum atomic E-state index is -0.600. The number of esters is 1. The predicted molar refractivity (Wildman–Crippen MR) is 102 cm³/mol. The van der Waals surface area contributed by atoms with Gasteiger partial charge in [-0.3, -0.25) is 0 Å². The number of benzene rings is 1. The van der Waals surface area contributed by atoms with Crippen molar-refractivity contribution < 1.29 is 9.53 Å². The Hall–Kier alpha value is -1.79. The topological polar surface area (TPSA) is 64.1 Å². The molecule has 1 aromatic heterocycles. The molecule has 2 rings (SSSR count). The molecule has 5 nitrogen and oxygen atoms in total. The van der Waals surface area contributed by atoms with E-state index in [1.165, 1.54) is 11.8 Å². The Labute approximate surface area is 157 Å². The van der Waals surface area contributed by atoms with E-state index in [1.807, 2.05) is 58.9 Å². The van der Waals surface area contributed by atoms with Gasteiger partial charge in [0.2, 0.25) is 5.82 Å². The first-order valence-corrected chi connectivity index (χ1v) is 9.19. The SMILES string of the molecule is CCNc1nc(C(=O)OC(C)(C)C)nc(C)c1Sc1ccccc1Cl. The van der Waals surface area contributed by atoms with Crippen LogP contribution in [0.3, 0.4) is 0 Å². The van der Waals surface area contributed by atoms with E-state index >= 15 is 0 Å². The van der Waals surface area contributed by atoms with Crippen molar-refractivity contribution in [3.8, 4) is 0 Å². The van der Waals surface area contributed by atoms with E-state index in [0.717, 1.165) is 9.79 Å². The molecule has 0 radical (unpaired) electrons. The molecule has 25 heavy (non-hydrogen) atoms. The van der Waals surface area contributed by atoms with E-state index in [4.69, 9.17) is 16.3 Å². The number of halogens is 1. The fraction of sp³-hybridized carbons (Fsp3) is 0.389. The lowest BCUT2D eigenvalue weighted by molar-refractivity contribution is 0.00552. The third kappa shape index (κ3) is 5.34. The zero-order chi connectivity index (χ0) is 18.6. The molecule has 7 heteroatoms. The summed E-state index contributed by atoms with van der Waals surface area (Å²) in [4.78, 5) is 22.7. The van der Waals surface area contributed by atoms with Crippen LogP contribution < -0.4 is 5.32 Å². The number of carbonyl (C=O) groups excluding carboxylic acids is 1. The first kappa shape index (κ1) is 19.5. The van der Waals surface area contributed by atoms with Gasteiger partial charge in [0.1, 0.15) is 11.4 Å². The average molecular weight is 380 g/mol. The Morgan fingerprint density at radius 2 is 1.96 bits per heavy atom. The van der Waals surface area contributed by atoms with Crippen LogP contribution in [-0.4, -0.2) is 28.1 Å². The van der Waals surface area contributed by atoms with Gasteiger partial charge in [-0.25, -0.2) is 14.8 Å². The monoisotopic (exact) mass is 379 g/mol. The van der Waals surface area contributed by atoms with Gasteiger partial charge in [0.25, 0.3) is 0 Å². The van der Waals surface area contributed by atoms with Gasteiger partial charge < -0.3 is 10.1 Å². The van der Waals surface area contributed by atoms with Crippen LogP contribution in [0.25, 0.3) is 0 Å². The number of aromatic nitrogens is 2. The van der Waals surface area contributed by atoms with Crippen molar-refractivity contribution in [3.63, 3.8) is 0 Å². The van der Waals surface area contributed by atoms with Crippen molar-refractivity contribution in [3.05, 3.63) is 40.8 Å². The first-order chi connectivity index (χ1) is 11.7. The number of ether oxygens (including phenoxy) is 1. The molecule has 134 valence electrons. The predicted octanol–water partition coefficient (Wildman–Crippen LogP) is 4.98. The maximum absolute atomic E-state index is 12.3. The number of hydrogen-bond donors (Lipinski definition) is 1. The molecule has 0 fully saturated rings. The quantitative estimate of drug-likeness (QED) is 0.739. The molecule has 0 amide bonds. The van der Waals surface area contributed by atoms with Crippen LogP contribution in [-0.2, 0) is 4.74 Å². The fourth-order valence-corrected chi connectivity index (χ4v) is 3.22. The third-order valence-corrected chi connectivity index (χ3v) is 4.72. The smallest absolute Gasteiger partial charge is 0.376 e. The highest BCUT2D eigenvalue weighted by atomic mass is 35.5. The lowest BCUT2D eigenvalue weighted by Gasteiger charge is -2.20. The Balaban J connectivity index is 2.41. The molecule has 0 bridgehead atoms. The fourth-order valence-electron chi connectivity index (χ4n) is 2.02. The van der Waals surface area contributed by atoms with Crippen LogP contribution >= 0.6 is 23.4 Å². The maximum Gasteiger partial charge on any atom is 0.376 e. The molecule has 0 spiro atoms. The maximum atomic E-state index is 12.3. The summed E-state index contributed by atoms with van der Waals surface area (Å²) in [6, 6.07) is 7.57. The lowest BCUT2D eigenvalue weighted by atomic mass is 10.2. The number of rotatable bonds is 5. The molecule has 1 N–H and O–H groups in total. The van der Waals surface area contributed by atoms with Crippen LogP contribution in [0.2, 0.25) is 5.02 Å². The number of carbonyl (C=O) groups is 1. The number of hydrogen-bond acceptors (Lipinski definition) is 6. The Kier molecular flexibility index (Phi) is 6.30. The summed E-state index contributed by atoms with van der Waals surface area (Å²) in [5.74, 6) is 0.108. The zero-order valence-electron chi connectivity index (χ0n) is 15.0. The molecule has 0 aliphatic heterocycles. The van der Waals surface area contributed by atoms with Gasteiger partial charge in [0.15, 0.2) is 0 Å². The minimum absolute atomic E-state index is 0.0480. The highest BCUT2D eigenvalue weighted by Crippen LogP contribution is 2.38. The standard InChI is InChI=1S/C18H22ClN3O2S/c1-6-20-15-14(25-13-10-8-7-9-12(13)19)11(2)21-16(22-15)17(23)24-18(3,4)5/h7-10H,6H2,1-5H3,(H,20,21,22). The van der Waals surface area contributed by atoms with E-state index in [0.29, 0.717) is 23.1 Å². The molecular formula is C18H22ClN3O2S. The Morgan fingerprint density at radius 1 is 1.28 bits per heavy atom. The molecule has 0 atom stereocenters.